The van der Waals surface area contributed by atoms with Gasteiger partial charge >= 0.3 is 12.1 Å². The molecule has 0 saturated carbocycles. The number of rotatable bonds is 3. The molecule has 0 aliphatic heterocycles. The first kappa shape index (κ1) is 15.6. The molecule has 0 aromatic heterocycles. The van der Waals surface area contributed by atoms with Gasteiger partial charge in [0.05, 0.1) is 17.6 Å². The van der Waals surface area contributed by atoms with Crippen LogP contribution in [0.25, 0.3) is 0 Å². The van der Waals surface area contributed by atoms with E-state index in [4.69, 9.17) is 11.5 Å². The van der Waals surface area contributed by atoms with Crippen LogP contribution in [0.2, 0.25) is 0 Å². The van der Waals surface area contributed by atoms with Gasteiger partial charge in [-0.05, 0) is 12.1 Å². The number of hydrogen-bond acceptors (Lipinski definition) is 6. The number of carbonyl (C=O) groups excluding carboxylic acids is 2. The number of carboxylic acids is 1. The average molecular weight is 292 g/mol. The van der Waals surface area contributed by atoms with E-state index in [1.807, 2.05) is 5.92 Å². The first-order valence-corrected chi connectivity index (χ1v) is 5.24. The van der Waals surface area contributed by atoms with Gasteiger partial charge in [-0.2, -0.15) is 0 Å². The summed E-state index contributed by atoms with van der Waals surface area (Å²) in [7, 11) is 0.965. The fourth-order valence-electron chi connectivity index (χ4n) is 1.51. The van der Waals surface area contributed by atoms with Gasteiger partial charge in [-0.15, -0.1) is 6.42 Å². The maximum atomic E-state index is 11.9. The van der Waals surface area contributed by atoms with E-state index in [1.165, 1.54) is 0 Å². The number of nitro groups is 1. The minimum Gasteiger partial charge on any atom is -0.478 e. The standard InChI is InChI=1S/C12H8N2O7/c1-3-6-4-5-7(11(16)17)8(9(6)14(19)20)10(15)13-12(18)21-2/h1,4-5H,2H3,(H,16,17)(H,13,15,18). The molecule has 2 N–H and O–H groups in total. The largest absolute Gasteiger partial charge is 0.478 e. The zero-order chi connectivity index (χ0) is 16.2. The van der Waals surface area contributed by atoms with Gasteiger partial charge in [0.15, 0.2) is 0 Å². The van der Waals surface area contributed by atoms with E-state index in [-0.39, 0.29) is 5.56 Å². The summed E-state index contributed by atoms with van der Waals surface area (Å²) < 4.78 is 4.17. The van der Waals surface area contributed by atoms with Crippen molar-refractivity contribution in [1.29, 1.82) is 0 Å². The summed E-state index contributed by atoms with van der Waals surface area (Å²) >= 11 is 0. The van der Waals surface area contributed by atoms with Crippen molar-refractivity contribution in [3.8, 4) is 12.3 Å². The Morgan fingerprint density at radius 3 is 2.48 bits per heavy atom. The van der Waals surface area contributed by atoms with Gasteiger partial charge in [-0.3, -0.25) is 20.2 Å². The molecule has 2 amide bonds. The zero-order valence-electron chi connectivity index (χ0n) is 10.6. The Balaban J connectivity index is 3.61. The van der Waals surface area contributed by atoms with Gasteiger partial charge in [0, 0.05) is 0 Å². The topological polar surface area (TPSA) is 136 Å². The summed E-state index contributed by atoms with van der Waals surface area (Å²) in [5.41, 5.74) is -2.66. The number of imide groups is 1. The smallest absolute Gasteiger partial charge is 0.413 e. The molecule has 0 spiro atoms. The highest BCUT2D eigenvalue weighted by atomic mass is 16.6. The molecule has 0 saturated heterocycles. The molecule has 9 nitrogen and oxygen atoms in total. The first-order valence-electron chi connectivity index (χ1n) is 5.24. The number of terminal acetylenes is 1. The number of amides is 2. The number of nitrogens with zero attached hydrogens (tertiary/aromatic N) is 1. The number of aromatic carboxylic acids is 1. The predicted octanol–water partition coefficient (Wildman–Crippen LogP) is 0.770. The van der Waals surface area contributed by atoms with Crippen LogP contribution in [0.3, 0.4) is 0 Å². The third kappa shape index (κ3) is 3.13. The first-order chi connectivity index (χ1) is 9.83. The Labute approximate surface area is 117 Å². The lowest BCUT2D eigenvalue weighted by molar-refractivity contribution is -0.385. The van der Waals surface area contributed by atoms with E-state index >= 15 is 0 Å². The Bertz CT molecular complexity index is 688. The van der Waals surface area contributed by atoms with Crippen LogP contribution in [-0.4, -0.2) is 35.1 Å². The Hall–Kier alpha value is -3.41. The molecule has 1 rings (SSSR count). The molecule has 0 aliphatic carbocycles. The third-order valence-corrected chi connectivity index (χ3v) is 2.37. The fourth-order valence-corrected chi connectivity index (χ4v) is 1.51. The van der Waals surface area contributed by atoms with Crippen molar-refractivity contribution in [2.75, 3.05) is 7.11 Å². The molecule has 1 aromatic carbocycles. The summed E-state index contributed by atoms with van der Waals surface area (Å²) in [6.45, 7) is 0. The highest BCUT2D eigenvalue weighted by Gasteiger charge is 2.31. The van der Waals surface area contributed by atoms with Crippen LogP contribution in [0.5, 0.6) is 0 Å². The van der Waals surface area contributed by atoms with Crippen molar-refractivity contribution in [3.63, 3.8) is 0 Å². The fraction of sp³-hybridized carbons (Fsp3) is 0.0833. The van der Waals surface area contributed by atoms with Crippen molar-refractivity contribution in [1.82, 2.24) is 5.32 Å². The Kier molecular flexibility index (Phi) is 4.59. The van der Waals surface area contributed by atoms with E-state index in [1.54, 1.807) is 5.32 Å². The maximum absolute atomic E-state index is 11.9. The monoisotopic (exact) mass is 292 g/mol. The molecule has 0 fully saturated rings. The number of carboxylic acid groups (broad SMARTS) is 1. The van der Waals surface area contributed by atoms with Crippen LogP contribution >= 0.6 is 0 Å². The van der Waals surface area contributed by atoms with Crippen LogP contribution in [0.4, 0.5) is 10.5 Å². The molecular weight excluding hydrogens is 284 g/mol. The number of carbonyl (C=O) groups is 3. The van der Waals surface area contributed by atoms with Crippen molar-refractivity contribution in [3.05, 3.63) is 38.9 Å². The summed E-state index contributed by atoms with van der Waals surface area (Å²) in [4.78, 5) is 44.0. The van der Waals surface area contributed by atoms with Crippen LogP contribution in [0, 0.1) is 22.5 Å². The van der Waals surface area contributed by atoms with Gasteiger partial charge < -0.3 is 9.84 Å². The molecule has 9 heteroatoms. The van der Waals surface area contributed by atoms with Crippen LogP contribution in [-0.2, 0) is 4.74 Å². The highest BCUT2D eigenvalue weighted by Crippen LogP contribution is 2.27. The highest BCUT2D eigenvalue weighted by molar-refractivity contribution is 6.12. The zero-order valence-corrected chi connectivity index (χ0v) is 10.6. The number of ether oxygens (including phenoxy) is 1. The van der Waals surface area contributed by atoms with Gasteiger partial charge in [0.1, 0.15) is 11.1 Å². The van der Waals surface area contributed by atoms with E-state index in [0.29, 0.717) is 0 Å². The number of nitro benzene ring substituents is 1. The molecule has 0 bridgehead atoms. The molecule has 108 valence electrons. The minimum atomic E-state index is -1.59. The second-order valence-corrected chi connectivity index (χ2v) is 3.54. The van der Waals surface area contributed by atoms with E-state index in [0.717, 1.165) is 19.2 Å². The van der Waals surface area contributed by atoms with Gasteiger partial charge in [-0.25, -0.2) is 9.59 Å². The molecular formula is C12H8N2O7. The Morgan fingerprint density at radius 1 is 1.43 bits per heavy atom. The van der Waals surface area contributed by atoms with Crippen molar-refractivity contribution in [2.45, 2.75) is 0 Å². The van der Waals surface area contributed by atoms with E-state index in [2.05, 4.69) is 4.74 Å². The van der Waals surface area contributed by atoms with E-state index in [9.17, 15) is 24.5 Å². The number of benzene rings is 1. The lowest BCUT2D eigenvalue weighted by atomic mass is 10.00. The third-order valence-electron chi connectivity index (χ3n) is 2.37. The molecule has 0 atom stereocenters. The van der Waals surface area contributed by atoms with Crippen molar-refractivity contribution >= 4 is 23.7 Å². The number of alkyl carbamates (subject to hydrolysis) is 1. The minimum absolute atomic E-state index is 0.292. The lowest BCUT2D eigenvalue weighted by Gasteiger charge is -2.08. The second-order valence-electron chi connectivity index (χ2n) is 3.54. The van der Waals surface area contributed by atoms with Crippen molar-refractivity contribution < 1.29 is 29.2 Å². The molecule has 0 aliphatic rings. The summed E-state index contributed by atoms with van der Waals surface area (Å²) in [5, 5.41) is 21.7. The molecule has 0 radical (unpaired) electrons. The molecule has 0 heterocycles. The summed E-state index contributed by atoms with van der Waals surface area (Å²) in [6.07, 6.45) is 3.89. The van der Waals surface area contributed by atoms with Gasteiger partial charge in [-0.1, -0.05) is 5.92 Å². The normalized spacial score (nSPS) is 9.33. The molecule has 1 aromatic rings. The van der Waals surface area contributed by atoms with Crippen LogP contribution in [0.1, 0.15) is 26.3 Å². The SMILES string of the molecule is C#Cc1ccc(C(=O)O)c(C(=O)NC(=O)OC)c1[N+](=O)[O-]. The summed E-state index contributed by atoms with van der Waals surface area (Å²) in [5.74, 6) is -0.914. The van der Waals surface area contributed by atoms with Crippen LogP contribution < -0.4 is 5.32 Å². The van der Waals surface area contributed by atoms with Crippen molar-refractivity contribution in [2.24, 2.45) is 0 Å². The van der Waals surface area contributed by atoms with E-state index < -0.39 is 39.7 Å². The maximum Gasteiger partial charge on any atom is 0.413 e. The quantitative estimate of drug-likeness (QED) is 0.477. The number of methoxy groups -OCH3 is 1. The number of hydrogen-bond donors (Lipinski definition) is 2. The summed E-state index contributed by atoms with van der Waals surface area (Å²) in [6, 6.07) is 1.97. The lowest BCUT2D eigenvalue weighted by Crippen LogP contribution is -2.32. The van der Waals surface area contributed by atoms with Gasteiger partial charge in [0.2, 0.25) is 0 Å². The van der Waals surface area contributed by atoms with Gasteiger partial charge in [0.25, 0.3) is 11.6 Å². The average Bonchev–Trinajstić information content (AvgIpc) is 2.44. The molecule has 21 heavy (non-hydrogen) atoms. The number of nitrogens with one attached hydrogen (secondary N) is 1. The van der Waals surface area contributed by atoms with Crippen LogP contribution in [0.15, 0.2) is 12.1 Å². The predicted molar refractivity (Wildman–Crippen MR) is 67.9 cm³/mol. The molecule has 0 unspecified atom stereocenters. The second kappa shape index (κ2) is 6.16. The Morgan fingerprint density at radius 2 is 2.05 bits per heavy atom.